The van der Waals surface area contributed by atoms with Gasteiger partial charge in [-0.05, 0) is 31.5 Å². The van der Waals surface area contributed by atoms with Gasteiger partial charge in [-0.2, -0.15) is 5.26 Å². The molecule has 1 aromatic rings. The van der Waals surface area contributed by atoms with Gasteiger partial charge in [-0.15, -0.1) is 0 Å². The highest BCUT2D eigenvalue weighted by molar-refractivity contribution is 6.31. The molecule has 0 radical (unpaired) electrons. The van der Waals surface area contributed by atoms with Crippen molar-refractivity contribution < 1.29 is 19.1 Å². The highest BCUT2D eigenvalue weighted by Crippen LogP contribution is 2.53. The van der Waals surface area contributed by atoms with E-state index in [9.17, 15) is 14.9 Å². The lowest BCUT2D eigenvalue weighted by Gasteiger charge is -2.34. The summed E-state index contributed by atoms with van der Waals surface area (Å²) in [7, 11) is 0. The van der Waals surface area contributed by atoms with Gasteiger partial charge in [0.1, 0.15) is 23.0 Å². The van der Waals surface area contributed by atoms with Crippen molar-refractivity contribution in [1.82, 2.24) is 0 Å². The molecule has 0 saturated heterocycles. The van der Waals surface area contributed by atoms with Crippen LogP contribution >= 0.6 is 11.6 Å². The Morgan fingerprint density at radius 2 is 2.19 bits per heavy atom. The van der Waals surface area contributed by atoms with E-state index in [-0.39, 0.29) is 29.4 Å². The van der Waals surface area contributed by atoms with Crippen molar-refractivity contribution in [2.75, 3.05) is 11.9 Å². The molecular weight excluding hydrogens is 370 g/mol. The van der Waals surface area contributed by atoms with E-state index in [2.05, 4.69) is 5.32 Å². The monoisotopic (exact) mass is 387 g/mol. The second-order valence-electron chi connectivity index (χ2n) is 6.12. The van der Waals surface area contributed by atoms with Crippen molar-refractivity contribution >= 4 is 29.2 Å². The Hall–Kier alpha value is -2.98. The number of fused-ring (bicyclic) bond motifs is 2. The first-order valence-corrected chi connectivity index (χ1v) is 8.89. The number of anilines is 1. The van der Waals surface area contributed by atoms with E-state index in [1.807, 2.05) is 13.0 Å². The number of nitrogens with zero attached hydrogens (tertiary/aromatic N) is 1. The molecule has 1 aromatic carbocycles. The number of amides is 1. The maximum absolute atomic E-state index is 13.2. The molecule has 1 spiro atoms. The van der Waals surface area contributed by atoms with Crippen LogP contribution in [0, 0.1) is 11.3 Å². The molecule has 0 aliphatic carbocycles. The van der Waals surface area contributed by atoms with Gasteiger partial charge in [0, 0.05) is 22.7 Å². The molecule has 0 unspecified atom stereocenters. The number of nitrogens with one attached hydrogen (secondary N) is 1. The van der Waals surface area contributed by atoms with Crippen molar-refractivity contribution in [3.63, 3.8) is 0 Å². The van der Waals surface area contributed by atoms with Gasteiger partial charge in [-0.1, -0.05) is 18.5 Å². The highest BCUT2D eigenvalue weighted by Gasteiger charge is 2.60. The summed E-state index contributed by atoms with van der Waals surface area (Å²) in [5.74, 6) is -1.30. The Bertz CT molecular complexity index is 945. The number of carbonyl (C=O) groups excluding carboxylic acids is 2. The zero-order chi connectivity index (χ0) is 19.8. The number of nitrogens with two attached hydrogens (primary N) is 1. The number of allylic oxidation sites excluding steroid dienone is 1. The van der Waals surface area contributed by atoms with E-state index >= 15 is 0 Å². The minimum atomic E-state index is -1.76. The van der Waals surface area contributed by atoms with Crippen LogP contribution in [0.3, 0.4) is 0 Å². The van der Waals surface area contributed by atoms with Crippen molar-refractivity contribution in [3.05, 3.63) is 51.6 Å². The van der Waals surface area contributed by atoms with Gasteiger partial charge < -0.3 is 20.5 Å². The fourth-order valence-electron chi connectivity index (χ4n) is 3.54. The number of ether oxygens (including phenoxy) is 2. The van der Waals surface area contributed by atoms with Gasteiger partial charge in [-0.25, -0.2) is 4.79 Å². The molecule has 0 saturated carbocycles. The topological polar surface area (TPSA) is 114 Å². The Labute approximate surface area is 161 Å². The standard InChI is InChI=1S/C19H18ClN3O4/c1-3-5-14-15(17(24)26-4-2)19(12(9-21)16(22)27-14)11-8-10(20)6-7-13(11)23-18(19)25/h6-8H,3-5,22H2,1-2H3,(H,23,25)/t19-/m1/s1. The number of carbonyl (C=O) groups is 2. The molecule has 1 atom stereocenters. The molecule has 0 aromatic heterocycles. The molecule has 0 bridgehead atoms. The molecule has 7 nitrogen and oxygen atoms in total. The number of benzene rings is 1. The van der Waals surface area contributed by atoms with Crippen LogP contribution in [0.1, 0.15) is 32.3 Å². The molecule has 3 rings (SSSR count). The maximum Gasteiger partial charge on any atom is 0.339 e. The average Bonchev–Trinajstić information content (AvgIpc) is 2.88. The second-order valence-corrected chi connectivity index (χ2v) is 6.55. The minimum absolute atomic E-state index is 0.0320. The number of hydrogen-bond donors (Lipinski definition) is 2. The van der Waals surface area contributed by atoms with Gasteiger partial charge in [0.2, 0.25) is 11.8 Å². The number of esters is 1. The SMILES string of the molecule is CCCC1=C(C(=O)OCC)[C@]2(C(=O)Nc3ccc(Cl)cc32)C(C#N)=C(N)O1. The zero-order valence-corrected chi connectivity index (χ0v) is 15.6. The number of halogens is 1. The third-order valence-corrected chi connectivity index (χ3v) is 4.79. The summed E-state index contributed by atoms with van der Waals surface area (Å²) in [4.78, 5) is 26.1. The fourth-order valence-corrected chi connectivity index (χ4v) is 3.71. The quantitative estimate of drug-likeness (QED) is 0.767. The van der Waals surface area contributed by atoms with Crippen molar-refractivity contribution in [2.24, 2.45) is 5.73 Å². The lowest BCUT2D eigenvalue weighted by Crippen LogP contribution is -2.46. The second kappa shape index (κ2) is 6.97. The Morgan fingerprint density at radius 1 is 1.44 bits per heavy atom. The van der Waals surface area contributed by atoms with Crippen molar-refractivity contribution in [1.29, 1.82) is 5.26 Å². The van der Waals surface area contributed by atoms with Crippen LogP contribution in [0.4, 0.5) is 5.69 Å². The van der Waals surface area contributed by atoms with E-state index in [1.54, 1.807) is 25.1 Å². The van der Waals surface area contributed by atoms with E-state index in [1.165, 1.54) is 0 Å². The summed E-state index contributed by atoms with van der Waals surface area (Å²) >= 11 is 6.15. The van der Waals surface area contributed by atoms with Crippen LogP contribution in [0.2, 0.25) is 5.02 Å². The minimum Gasteiger partial charge on any atom is -0.462 e. The molecule has 1 amide bonds. The van der Waals surface area contributed by atoms with Gasteiger partial charge in [-0.3, -0.25) is 4.79 Å². The van der Waals surface area contributed by atoms with Crippen molar-refractivity contribution in [3.8, 4) is 6.07 Å². The normalized spacial score (nSPS) is 20.9. The number of nitriles is 1. The molecular formula is C19H18ClN3O4. The lowest BCUT2D eigenvalue weighted by molar-refractivity contribution is -0.140. The van der Waals surface area contributed by atoms with Gasteiger partial charge >= 0.3 is 5.97 Å². The third kappa shape index (κ3) is 2.64. The summed E-state index contributed by atoms with van der Waals surface area (Å²) in [5.41, 5.74) is 4.87. The van der Waals surface area contributed by atoms with E-state index in [4.69, 9.17) is 26.8 Å². The predicted molar refractivity (Wildman–Crippen MR) is 98.2 cm³/mol. The first-order chi connectivity index (χ1) is 12.9. The first kappa shape index (κ1) is 18.8. The van der Waals surface area contributed by atoms with Crippen LogP contribution in [0.15, 0.2) is 41.0 Å². The molecule has 27 heavy (non-hydrogen) atoms. The van der Waals surface area contributed by atoms with E-state index in [0.29, 0.717) is 29.1 Å². The molecule has 0 fully saturated rings. The van der Waals surface area contributed by atoms with Gasteiger partial charge in [0.25, 0.3) is 0 Å². The highest BCUT2D eigenvalue weighted by atomic mass is 35.5. The fraction of sp³-hybridized carbons (Fsp3) is 0.316. The maximum atomic E-state index is 13.2. The van der Waals surface area contributed by atoms with Gasteiger partial charge in [0.05, 0.1) is 6.61 Å². The van der Waals surface area contributed by atoms with E-state index < -0.39 is 17.3 Å². The number of hydrogen-bond acceptors (Lipinski definition) is 6. The van der Waals surface area contributed by atoms with Crippen molar-refractivity contribution in [2.45, 2.75) is 32.1 Å². The largest absolute Gasteiger partial charge is 0.462 e. The Kier molecular flexibility index (Phi) is 4.85. The molecule has 2 aliphatic heterocycles. The molecule has 8 heteroatoms. The van der Waals surface area contributed by atoms with Crippen LogP contribution in [-0.4, -0.2) is 18.5 Å². The summed E-state index contributed by atoms with van der Waals surface area (Å²) in [5, 5.41) is 12.9. The third-order valence-electron chi connectivity index (χ3n) is 4.55. The molecule has 140 valence electrons. The number of rotatable bonds is 4. The molecule has 3 N–H and O–H groups in total. The summed E-state index contributed by atoms with van der Waals surface area (Å²) in [6.45, 7) is 3.65. The van der Waals surface area contributed by atoms with Crippen LogP contribution in [-0.2, 0) is 24.5 Å². The zero-order valence-electron chi connectivity index (χ0n) is 14.9. The molecule has 2 heterocycles. The first-order valence-electron chi connectivity index (χ1n) is 8.52. The van der Waals surface area contributed by atoms with E-state index in [0.717, 1.165) is 0 Å². The van der Waals surface area contributed by atoms with Crippen LogP contribution in [0.5, 0.6) is 0 Å². The summed E-state index contributed by atoms with van der Waals surface area (Å²) in [6.07, 6.45) is 0.978. The van der Waals surface area contributed by atoms with Crippen LogP contribution in [0.25, 0.3) is 0 Å². The molecule has 2 aliphatic rings. The Morgan fingerprint density at radius 3 is 2.81 bits per heavy atom. The van der Waals surface area contributed by atoms with Gasteiger partial charge in [0.15, 0.2) is 5.41 Å². The van der Waals surface area contributed by atoms with Crippen LogP contribution < -0.4 is 11.1 Å². The average molecular weight is 388 g/mol. The summed E-state index contributed by atoms with van der Waals surface area (Å²) in [6, 6.07) is 6.73. The smallest absolute Gasteiger partial charge is 0.339 e. The lowest BCUT2D eigenvalue weighted by atomic mass is 9.68. The Balaban J connectivity index is 2.42. The summed E-state index contributed by atoms with van der Waals surface area (Å²) < 4.78 is 10.8. The predicted octanol–water partition coefficient (Wildman–Crippen LogP) is 2.87.